The Bertz CT molecular complexity index is 807. The van der Waals surface area contributed by atoms with Crippen LogP contribution in [0.4, 0.5) is 0 Å². The third-order valence-electron chi connectivity index (χ3n) is 3.31. The van der Waals surface area contributed by atoms with E-state index in [0.717, 1.165) is 11.1 Å². The van der Waals surface area contributed by atoms with Gasteiger partial charge in [0.2, 0.25) is 0 Å². The van der Waals surface area contributed by atoms with Gasteiger partial charge >= 0.3 is 5.97 Å². The minimum absolute atomic E-state index is 0.319. The number of hydrogen-bond donors (Lipinski definition) is 0. The molecule has 0 aliphatic rings. The normalized spacial score (nSPS) is 11.7. The molecule has 0 aliphatic carbocycles. The van der Waals surface area contributed by atoms with Gasteiger partial charge in [0.15, 0.2) is 0 Å². The number of aromatic nitrogens is 1. The maximum atomic E-state index is 12.3. The molecule has 0 N–H and O–H groups in total. The van der Waals surface area contributed by atoms with Crippen LogP contribution in [0.25, 0.3) is 5.57 Å². The Kier molecular flexibility index (Phi) is 7.10. The zero-order valence-electron chi connectivity index (χ0n) is 14.2. The summed E-state index contributed by atoms with van der Waals surface area (Å²) in [6.07, 6.45) is 5.70. The average Bonchev–Trinajstić information content (AvgIpc) is 3.02. The fourth-order valence-electron chi connectivity index (χ4n) is 2.13. The van der Waals surface area contributed by atoms with Crippen molar-refractivity contribution in [1.29, 1.82) is 0 Å². The molecule has 130 valence electrons. The second-order valence-corrected chi connectivity index (χ2v) is 6.49. The van der Waals surface area contributed by atoms with Crippen LogP contribution in [-0.2, 0) is 11.2 Å². The smallest absolute Gasteiger partial charge is 0.350 e. The van der Waals surface area contributed by atoms with E-state index in [2.05, 4.69) is 16.6 Å². The molecule has 0 amide bonds. The topological polar surface area (TPSA) is 51.5 Å². The van der Waals surface area contributed by atoms with Crippen molar-refractivity contribution in [2.24, 2.45) is 4.99 Å². The molecule has 0 saturated carbocycles. The summed E-state index contributed by atoms with van der Waals surface area (Å²) in [5.74, 6) is -0.359. The van der Waals surface area contributed by atoms with Crippen molar-refractivity contribution in [1.82, 2.24) is 4.98 Å². The lowest BCUT2D eigenvalue weighted by molar-refractivity contribution is 0.0530. The summed E-state index contributed by atoms with van der Waals surface area (Å²) in [5.41, 5.74) is 2.51. The lowest BCUT2D eigenvalue weighted by Crippen LogP contribution is -2.06. The summed E-state index contributed by atoms with van der Waals surface area (Å²) in [6.45, 7) is 5.91. The standard InChI is InChI=1S/C19H19ClN2O2S/c1-4-14(10-11-21-3)18-22-16(17(25-18)19(23)24-5-2)12-13-6-8-15(20)9-7-13/h4,6-11H,1,5,12H2,2-3H3/b14-10+,21-11?. The van der Waals surface area contributed by atoms with Crippen molar-refractivity contribution in [2.75, 3.05) is 13.7 Å². The van der Waals surface area contributed by atoms with Crippen molar-refractivity contribution in [3.8, 4) is 0 Å². The number of carbonyl (C=O) groups is 1. The number of benzene rings is 1. The van der Waals surface area contributed by atoms with Crippen LogP contribution in [0.15, 0.2) is 48.0 Å². The molecule has 1 heterocycles. The highest BCUT2D eigenvalue weighted by molar-refractivity contribution is 7.14. The number of allylic oxidation sites excluding steroid dienone is 3. The first-order valence-corrected chi connectivity index (χ1v) is 8.95. The van der Waals surface area contributed by atoms with Crippen LogP contribution >= 0.6 is 22.9 Å². The predicted molar refractivity (Wildman–Crippen MR) is 105 cm³/mol. The van der Waals surface area contributed by atoms with Crippen LogP contribution in [0.2, 0.25) is 5.02 Å². The largest absolute Gasteiger partial charge is 0.462 e. The summed E-state index contributed by atoms with van der Waals surface area (Å²) < 4.78 is 5.17. The summed E-state index contributed by atoms with van der Waals surface area (Å²) in [6, 6.07) is 7.48. The summed E-state index contributed by atoms with van der Waals surface area (Å²) in [7, 11) is 1.69. The second kappa shape index (κ2) is 9.30. The lowest BCUT2D eigenvalue weighted by atomic mass is 10.1. The number of thiazole rings is 1. The van der Waals surface area contributed by atoms with Crippen LogP contribution in [0.5, 0.6) is 0 Å². The molecule has 0 saturated heterocycles. The molecular weight excluding hydrogens is 356 g/mol. The monoisotopic (exact) mass is 374 g/mol. The van der Waals surface area contributed by atoms with Gasteiger partial charge in [-0.2, -0.15) is 0 Å². The van der Waals surface area contributed by atoms with E-state index in [1.807, 2.05) is 30.3 Å². The molecule has 1 aromatic carbocycles. The third kappa shape index (κ3) is 5.11. The highest BCUT2D eigenvalue weighted by Crippen LogP contribution is 2.28. The highest BCUT2D eigenvalue weighted by atomic mass is 35.5. The first-order valence-electron chi connectivity index (χ1n) is 7.75. The minimum Gasteiger partial charge on any atom is -0.462 e. The SMILES string of the molecule is C=C/C(=C\C=NC)c1nc(Cc2ccc(Cl)cc2)c(C(=O)OCC)s1. The zero-order chi connectivity index (χ0) is 18.2. The van der Waals surface area contributed by atoms with Crippen molar-refractivity contribution >= 4 is 40.7 Å². The molecule has 4 nitrogen and oxygen atoms in total. The predicted octanol–water partition coefficient (Wildman–Crippen LogP) is 4.83. The molecule has 0 aliphatic heterocycles. The minimum atomic E-state index is -0.359. The summed E-state index contributed by atoms with van der Waals surface area (Å²) in [5, 5.41) is 1.38. The molecule has 25 heavy (non-hydrogen) atoms. The lowest BCUT2D eigenvalue weighted by Gasteiger charge is -2.03. The van der Waals surface area contributed by atoms with E-state index in [1.54, 1.807) is 26.3 Å². The van der Waals surface area contributed by atoms with Gasteiger partial charge in [-0.3, -0.25) is 4.99 Å². The molecule has 0 spiro atoms. The maximum absolute atomic E-state index is 12.3. The molecule has 6 heteroatoms. The van der Waals surface area contributed by atoms with E-state index in [4.69, 9.17) is 16.3 Å². The van der Waals surface area contributed by atoms with Gasteiger partial charge in [0.05, 0.1) is 12.3 Å². The number of hydrogen-bond acceptors (Lipinski definition) is 5. The Labute approximate surface area is 156 Å². The van der Waals surface area contributed by atoms with Crippen LogP contribution in [-0.4, -0.2) is 30.8 Å². The average molecular weight is 375 g/mol. The number of rotatable bonds is 7. The molecule has 0 atom stereocenters. The Morgan fingerprint density at radius 1 is 1.40 bits per heavy atom. The summed E-state index contributed by atoms with van der Waals surface area (Å²) >= 11 is 7.23. The maximum Gasteiger partial charge on any atom is 0.350 e. The first kappa shape index (κ1) is 19.1. The van der Waals surface area contributed by atoms with Crippen molar-refractivity contribution in [3.63, 3.8) is 0 Å². The fourth-order valence-corrected chi connectivity index (χ4v) is 3.25. The molecule has 2 rings (SSSR count). The van der Waals surface area contributed by atoms with Crippen molar-refractivity contribution in [3.05, 3.63) is 69.2 Å². The molecule has 0 unspecified atom stereocenters. The zero-order valence-corrected chi connectivity index (χ0v) is 15.7. The first-order chi connectivity index (χ1) is 12.1. The number of carbonyl (C=O) groups excluding carboxylic acids is 1. The Morgan fingerprint density at radius 2 is 2.12 bits per heavy atom. The van der Waals surface area contributed by atoms with E-state index in [-0.39, 0.29) is 5.97 Å². The van der Waals surface area contributed by atoms with Gasteiger partial charge in [-0.1, -0.05) is 36.4 Å². The molecule has 2 aromatic rings. The van der Waals surface area contributed by atoms with Crippen LogP contribution in [0, 0.1) is 0 Å². The van der Waals surface area contributed by atoms with Gasteiger partial charge in [0.1, 0.15) is 9.88 Å². The van der Waals surface area contributed by atoms with Crippen LogP contribution in [0.3, 0.4) is 0 Å². The number of nitrogens with zero attached hydrogens (tertiary/aromatic N) is 2. The van der Waals surface area contributed by atoms with E-state index in [0.29, 0.717) is 33.6 Å². The van der Waals surface area contributed by atoms with Gasteiger partial charge in [-0.05, 0) is 30.7 Å². The van der Waals surface area contributed by atoms with Gasteiger partial charge in [0, 0.05) is 30.3 Å². The number of esters is 1. The van der Waals surface area contributed by atoms with Gasteiger partial charge < -0.3 is 4.74 Å². The molecule has 0 fully saturated rings. The molecule has 0 radical (unpaired) electrons. The Morgan fingerprint density at radius 3 is 2.72 bits per heavy atom. The molecular formula is C19H19ClN2O2S. The Hall–Kier alpha value is -2.24. The van der Waals surface area contributed by atoms with Crippen molar-refractivity contribution in [2.45, 2.75) is 13.3 Å². The highest BCUT2D eigenvalue weighted by Gasteiger charge is 2.20. The van der Waals surface area contributed by atoms with Gasteiger partial charge in [-0.15, -0.1) is 11.3 Å². The van der Waals surface area contributed by atoms with E-state index < -0.39 is 0 Å². The van der Waals surface area contributed by atoms with Crippen LogP contribution in [0.1, 0.15) is 32.9 Å². The second-order valence-electron chi connectivity index (χ2n) is 5.05. The quantitative estimate of drug-likeness (QED) is 0.396. The van der Waals surface area contributed by atoms with E-state index >= 15 is 0 Å². The van der Waals surface area contributed by atoms with E-state index in [1.165, 1.54) is 11.3 Å². The van der Waals surface area contributed by atoms with Crippen LogP contribution < -0.4 is 0 Å². The fraction of sp³-hybridized carbons (Fsp3) is 0.211. The van der Waals surface area contributed by atoms with E-state index in [9.17, 15) is 4.79 Å². The number of halogens is 1. The third-order valence-corrected chi connectivity index (χ3v) is 4.69. The number of ether oxygens (including phenoxy) is 1. The van der Waals surface area contributed by atoms with Gasteiger partial charge in [0.25, 0.3) is 0 Å². The summed E-state index contributed by atoms with van der Waals surface area (Å²) in [4.78, 5) is 21.4. The Balaban J connectivity index is 2.43. The number of aliphatic imine (C=N–C) groups is 1. The van der Waals surface area contributed by atoms with Gasteiger partial charge in [-0.25, -0.2) is 9.78 Å². The molecule has 1 aromatic heterocycles. The van der Waals surface area contributed by atoms with Crippen molar-refractivity contribution < 1.29 is 9.53 Å². The molecule has 0 bridgehead atoms.